The van der Waals surface area contributed by atoms with Crippen LogP contribution in [0.2, 0.25) is 0 Å². The first-order valence-corrected chi connectivity index (χ1v) is 4.45. The predicted molar refractivity (Wildman–Crippen MR) is 48.3 cm³/mol. The molecule has 1 atom stereocenters. The zero-order valence-corrected chi connectivity index (χ0v) is 8.43. The molecule has 5 heteroatoms. The Labute approximate surface area is 79.5 Å². The number of carboxylic acids is 1. The Bertz CT molecular complexity index is 162. The third kappa shape index (κ3) is 6.30. The Morgan fingerprint density at radius 3 is 2.25 bits per heavy atom. The summed E-state index contributed by atoms with van der Waals surface area (Å²) in [5.74, 6) is -0.720. The van der Waals surface area contributed by atoms with E-state index in [0.29, 0.717) is 0 Å². The first-order valence-electron chi connectivity index (χ1n) is 3.66. The molecule has 2 N–H and O–H groups in total. The lowest BCUT2D eigenvalue weighted by Crippen LogP contribution is -2.29. The minimum atomic E-state index is -0.720. The predicted octanol–water partition coefficient (Wildman–Crippen LogP) is 0.751. The van der Waals surface area contributed by atoms with Gasteiger partial charge in [-0.05, 0) is 35.3 Å². The van der Waals surface area contributed by atoms with Crippen LogP contribution in [0.3, 0.4) is 0 Å². The molecule has 0 bridgehead atoms. The molecule has 0 aromatic heterocycles. The van der Waals surface area contributed by atoms with E-state index in [1.165, 1.54) is 6.92 Å². The second-order valence-electron chi connectivity index (χ2n) is 2.46. The first kappa shape index (κ1) is 11.6. The van der Waals surface area contributed by atoms with Crippen LogP contribution >= 0.6 is 15.9 Å². The second kappa shape index (κ2) is 6.14. The van der Waals surface area contributed by atoms with Crippen molar-refractivity contribution in [3.63, 3.8) is 0 Å². The van der Waals surface area contributed by atoms with Gasteiger partial charge in [0.05, 0.1) is 0 Å². The lowest BCUT2D eigenvalue weighted by atomic mass is 10.2. The Balaban J connectivity index is 0.000000261. The van der Waals surface area contributed by atoms with Crippen molar-refractivity contribution in [1.82, 2.24) is 5.32 Å². The molecule has 12 heavy (non-hydrogen) atoms. The minimum absolute atomic E-state index is 0.0208. The monoisotopic (exact) mass is 237 g/mol. The van der Waals surface area contributed by atoms with Crippen molar-refractivity contribution >= 4 is 26.6 Å². The van der Waals surface area contributed by atoms with Crippen LogP contribution in [0.15, 0.2) is 0 Å². The highest BCUT2D eigenvalue weighted by molar-refractivity contribution is 9.18. The number of carboxylic acid groups (broad SMARTS) is 1. The van der Waals surface area contributed by atoms with Crippen molar-refractivity contribution in [1.29, 1.82) is 0 Å². The fourth-order valence-corrected chi connectivity index (χ4v) is 0.895. The summed E-state index contributed by atoms with van der Waals surface area (Å²) in [6.45, 7) is 2.30. The molecule has 0 aromatic carbocycles. The largest absolute Gasteiger partial charge is 0.480 e. The van der Waals surface area contributed by atoms with Gasteiger partial charge in [-0.25, -0.2) is 0 Å². The molecule has 1 fully saturated rings. The number of hydrogen-bond donors (Lipinski definition) is 2. The average molecular weight is 238 g/mol. The van der Waals surface area contributed by atoms with Crippen LogP contribution in [0.1, 0.15) is 19.8 Å². The van der Waals surface area contributed by atoms with E-state index >= 15 is 0 Å². The second-order valence-corrected chi connectivity index (χ2v) is 3.57. The van der Waals surface area contributed by atoms with E-state index in [1.807, 2.05) is 0 Å². The van der Waals surface area contributed by atoms with Crippen molar-refractivity contribution in [3.8, 4) is 0 Å². The SMILES string of the molecule is CC(=O)Br.O=C(O)[C@@H]1CCCN1. The van der Waals surface area contributed by atoms with Crippen molar-refractivity contribution in [2.24, 2.45) is 0 Å². The van der Waals surface area contributed by atoms with Crippen molar-refractivity contribution in [2.45, 2.75) is 25.8 Å². The Morgan fingerprint density at radius 2 is 2.08 bits per heavy atom. The molecule has 0 amide bonds. The zero-order valence-electron chi connectivity index (χ0n) is 6.84. The Hall–Kier alpha value is -0.420. The molecule has 0 spiro atoms. The molecule has 4 nitrogen and oxygen atoms in total. The Morgan fingerprint density at radius 1 is 1.58 bits per heavy atom. The summed E-state index contributed by atoms with van der Waals surface area (Å²) < 4.78 is -0.0208. The van der Waals surface area contributed by atoms with Gasteiger partial charge in [0.15, 0.2) is 4.69 Å². The topological polar surface area (TPSA) is 66.4 Å². The van der Waals surface area contributed by atoms with Crippen LogP contribution in [0, 0.1) is 0 Å². The summed E-state index contributed by atoms with van der Waals surface area (Å²) in [4.78, 5) is 19.5. The minimum Gasteiger partial charge on any atom is -0.480 e. The van der Waals surface area contributed by atoms with Crippen molar-refractivity contribution < 1.29 is 14.7 Å². The number of carbonyl (C=O) groups is 2. The molecule has 1 aliphatic rings. The highest BCUT2D eigenvalue weighted by Crippen LogP contribution is 2.03. The number of hydrogen-bond acceptors (Lipinski definition) is 3. The van der Waals surface area contributed by atoms with Gasteiger partial charge in [0, 0.05) is 6.92 Å². The summed E-state index contributed by atoms with van der Waals surface area (Å²) in [6.07, 6.45) is 1.78. The summed E-state index contributed by atoms with van der Waals surface area (Å²) in [5, 5.41) is 11.2. The number of rotatable bonds is 1. The summed E-state index contributed by atoms with van der Waals surface area (Å²) in [7, 11) is 0. The standard InChI is InChI=1S/C5H9NO2.C2H3BrO/c7-5(8)4-2-1-3-6-4;1-2(3)4/h4,6H,1-3H2,(H,7,8);1H3/t4-;/m0./s1. The van der Waals surface area contributed by atoms with E-state index in [-0.39, 0.29) is 10.7 Å². The third-order valence-corrected chi connectivity index (χ3v) is 1.36. The van der Waals surface area contributed by atoms with E-state index in [9.17, 15) is 9.59 Å². The maximum Gasteiger partial charge on any atom is 0.320 e. The van der Waals surface area contributed by atoms with Crippen LogP contribution in [0.4, 0.5) is 0 Å². The van der Waals surface area contributed by atoms with E-state index < -0.39 is 5.97 Å². The smallest absolute Gasteiger partial charge is 0.320 e. The van der Waals surface area contributed by atoms with Gasteiger partial charge in [0.1, 0.15) is 6.04 Å². The molecule has 1 aliphatic heterocycles. The molecule has 0 unspecified atom stereocenters. The molecule has 70 valence electrons. The van der Waals surface area contributed by atoms with Crippen LogP contribution in [0.5, 0.6) is 0 Å². The van der Waals surface area contributed by atoms with Gasteiger partial charge in [-0.1, -0.05) is 0 Å². The molecule has 0 saturated carbocycles. The first-order chi connectivity index (χ1) is 5.54. The van der Waals surface area contributed by atoms with Crippen LogP contribution in [0.25, 0.3) is 0 Å². The molecular weight excluding hydrogens is 226 g/mol. The lowest BCUT2D eigenvalue weighted by Gasteiger charge is -1.99. The summed E-state index contributed by atoms with van der Waals surface area (Å²) in [5.41, 5.74) is 0. The number of nitrogens with one attached hydrogen (secondary N) is 1. The normalized spacial score (nSPS) is 21.0. The van der Waals surface area contributed by atoms with Gasteiger partial charge in [-0.2, -0.15) is 0 Å². The molecule has 0 aliphatic carbocycles. The van der Waals surface area contributed by atoms with Crippen molar-refractivity contribution in [2.75, 3.05) is 6.54 Å². The fraction of sp³-hybridized carbons (Fsp3) is 0.714. The number of carbonyl (C=O) groups excluding carboxylic acids is 1. The van der Waals surface area contributed by atoms with Crippen LogP contribution in [-0.4, -0.2) is 28.4 Å². The van der Waals surface area contributed by atoms with Gasteiger partial charge in [-0.15, -0.1) is 0 Å². The van der Waals surface area contributed by atoms with Crippen LogP contribution < -0.4 is 5.32 Å². The highest BCUT2D eigenvalue weighted by Gasteiger charge is 2.20. The van der Waals surface area contributed by atoms with E-state index in [1.54, 1.807) is 0 Å². The van der Waals surface area contributed by atoms with Gasteiger partial charge < -0.3 is 10.4 Å². The lowest BCUT2D eigenvalue weighted by molar-refractivity contribution is -0.139. The molecule has 0 radical (unpaired) electrons. The van der Waals surface area contributed by atoms with Gasteiger partial charge in [0.2, 0.25) is 0 Å². The van der Waals surface area contributed by atoms with E-state index in [2.05, 4.69) is 21.2 Å². The number of halogens is 1. The van der Waals surface area contributed by atoms with Crippen molar-refractivity contribution in [3.05, 3.63) is 0 Å². The quantitative estimate of drug-likeness (QED) is 0.661. The summed E-state index contributed by atoms with van der Waals surface area (Å²) in [6, 6.07) is -0.269. The fourth-order valence-electron chi connectivity index (χ4n) is 0.895. The maximum atomic E-state index is 10.1. The van der Waals surface area contributed by atoms with Gasteiger partial charge in [0.25, 0.3) is 0 Å². The third-order valence-electron chi connectivity index (χ3n) is 1.36. The zero-order chi connectivity index (χ0) is 9.56. The Kier molecular flexibility index (Phi) is 5.92. The van der Waals surface area contributed by atoms with Gasteiger partial charge in [-0.3, -0.25) is 9.59 Å². The number of aliphatic carboxylic acids is 1. The highest BCUT2D eigenvalue weighted by atomic mass is 79.9. The van der Waals surface area contributed by atoms with Crippen LogP contribution in [-0.2, 0) is 9.59 Å². The molecule has 1 rings (SSSR count). The van der Waals surface area contributed by atoms with E-state index in [4.69, 9.17) is 5.11 Å². The molecule has 0 aromatic rings. The molecular formula is C7H12BrNO3. The van der Waals surface area contributed by atoms with E-state index in [0.717, 1.165) is 19.4 Å². The summed E-state index contributed by atoms with van der Waals surface area (Å²) >= 11 is 2.63. The molecule has 1 heterocycles. The van der Waals surface area contributed by atoms with Gasteiger partial charge >= 0.3 is 5.97 Å². The average Bonchev–Trinajstić information content (AvgIpc) is 2.34. The molecule has 1 saturated heterocycles. The maximum absolute atomic E-state index is 10.1.